The summed E-state index contributed by atoms with van der Waals surface area (Å²) in [7, 11) is -0.484. The van der Waals surface area contributed by atoms with Crippen LogP contribution in [0.5, 0.6) is 0 Å². The zero-order chi connectivity index (χ0) is 19.9. The molecular weight excluding hydrogens is 392 g/mol. The van der Waals surface area contributed by atoms with Crippen LogP contribution in [0.25, 0.3) is 0 Å². The van der Waals surface area contributed by atoms with Gasteiger partial charge < -0.3 is 14.4 Å². The van der Waals surface area contributed by atoms with Crippen molar-refractivity contribution in [3.05, 3.63) is 29.3 Å². The number of sulfonamides is 1. The van der Waals surface area contributed by atoms with Crippen LogP contribution in [0.15, 0.2) is 29.2 Å². The first-order chi connectivity index (χ1) is 12.9. The van der Waals surface area contributed by atoms with Crippen LogP contribution in [0.1, 0.15) is 12.8 Å². The molecule has 1 amide bonds. The molecule has 1 heterocycles. The standard InChI is InChI=1S/C18H27ClN2O5S/c1-25-12-10-20(11-13-26-2)18(22)15-4-3-9-21(14-15)27(23,24)17-7-5-16(19)6-8-17/h5-8,15H,3-4,9-14H2,1-2H3. The van der Waals surface area contributed by atoms with E-state index in [4.69, 9.17) is 21.1 Å². The lowest BCUT2D eigenvalue weighted by molar-refractivity contribution is -0.138. The van der Waals surface area contributed by atoms with Crippen molar-refractivity contribution in [2.45, 2.75) is 17.7 Å². The average Bonchev–Trinajstić information content (AvgIpc) is 2.68. The molecule has 1 atom stereocenters. The van der Waals surface area contributed by atoms with Gasteiger partial charge in [0.1, 0.15) is 0 Å². The number of carbonyl (C=O) groups is 1. The lowest BCUT2D eigenvalue weighted by atomic mass is 9.98. The summed E-state index contributed by atoms with van der Waals surface area (Å²) in [4.78, 5) is 14.8. The summed E-state index contributed by atoms with van der Waals surface area (Å²) < 4.78 is 37.4. The van der Waals surface area contributed by atoms with Crippen molar-refractivity contribution in [2.24, 2.45) is 5.92 Å². The van der Waals surface area contributed by atoms with Crippen LogP contribution < -0.4 is 0 Å². The molecule has 1 aliphatic heterocycles. The number of benzene rings is 1. The highest BCUT2D eigenvalue weighted by atomic mass is 35.5. The second-order valence-corrected chi connectivity index (χ2v) is 8.84. The number of amides is 1. The highest BCUT2D eigenvalue weighted by Gasteiger charge is 2.35. The molecule has 1 fully saturated rings. The first-order valence-corrected chi connectivity index (χ1v) is 10.7. The van der Waals surface area contributed by atoms with E-state index in [1.165, 1.54) is 16.4 Å². The minimum atomic E-state index is -3.65. The fourth-order valence-electron chi connectivity index (χ4n) is 3.11. The van der Waals surface area contributed by atoms with Gasteiger partial charge in [-0.25, -0.2) is 8.42 Å². The van der Waals surface area contributed by atoms with Gasteiger partial charge in [0.2, 0.25) is 15.9 Å². The van der Waals surface area contributed by atoms with Crippen LogP contribution in [0.4, 0.5) is 0 Å². The van der Waals surface area contributed by atoms with E-state index in [2.05, 4.69) is 0 Å². The zero-order valence-electron chi connectivity index (χ0n) is 15.8. The van der Waals surface area contributed by atoms with Crippen molar-refractivity contribution in [3.63, 3.8) is 0 Å². The number of methoxy groups -OCH3 is 2. The molecule has 1 aromatic carbocycles. The van der Waals surface area contributed by atoms with Gasteiger partial charge in [0.05, 0.1) is 24.0 Å². The molecule has 0 aliphatic carbocycles. The van der Waals surface area contributed by atoms with E-state index in [-0.39, 0.29) is 23.3 Å². The van der Waals surface area contributed by atoms with E-state index < -0.39 is 10.0 Å². The Labute approximate surface area is 166 Å². The van der Waals surface area contributed by atoms with E-state index in [1.807, 2.05) is 0 Å². The molecule has 0 radical (unpaired) electrons. The number of piperidine rings is 1. The largest absolute Gasteiger partial charge is 0.383 e. The number of halogens is 1. The van der Waals surface area contributed by atoms with Gasteiger partial charge in [0.25, 0.3) is 0 Å². The van der Waals surface area contributed by atoms with Crippen molar-refractivity contribution >= 4 is 27.5 Å². The molecule has 1 aromatic rings. The van der Waals surface area contributed by atoms with Gasteiger partial charge in [-0.15, -0.1) is 0 Å². The Morgan fingerprint density at radius 2 is 1.78 bits per heavy atom. The normalized spacial score (nSPS) is 18.4. The van der Waals surface area contributed by atoms with E-state index >= 15 is 0 Å². The van der Waals surface area contributed by atoms with Gasteiger partial charge >= 0.3 is 0 Å². The highest BCUT2D eigenvalue weighted by molar-refractivity contribution is 7.89. The number of ether oxygens (including phenoxy) is 2. The van der Waals surface area contributed by atoms with Crippen LogP contribution in [0, 0.1) is 5.92 Å². The molecule has 0 bridgehead atoms. The van der Waals surface area contributed by atoms with Crippen molar-refractivity contribution in [2.75, 3.05) is 53.6 Å². The summed E-state index contributed by atoms with van der Waals surface area (Å²) in [6.07, 6.45) is 1.31. The van der Waals surface area contributed by atoms with Gasteiger partial charge in [-0.2, -0.15) is 4.31 Å². The smallest absolute Gasteiger partial charge is 0.243 e. The molecule has 1 unspecified atom stereocenters. The van der Waals surface area contributed by atoms with E-state index in [1.54, 1.807) is 31.3 Å². The first-order valence-electron chi connectivity index (χ1n) is 8.92. The Hall–Kier alpha value is -1.19. The third-order valence-corrected chi connectivity index (χ3v) is 6.76. The molecule has 1 aliphatic rings. The quantitative estimate of drug-likeness (QED) is 0.611. The third-order valence-electron chi connectivity index (χ3n) is 4.63. The van der Waals surface area contributed by atoms with E-state index in [0.29, 0.717) is 50.7 Å². The minimum Gasteiger partial charge on any atom is -0.383 e. The molecule has 152 valence electrons. The molecule has 0 aromatic heterocycles. The predicted molar refractivity (Wildman–Crippen MR) is 103 cm³/mol. The third kappa shape index (κ3) is 5.89. The van der Waals surface area contributed by atoms with Crippen LogP contribution >= 0.6 is 11.6 Å². The average molecular weight is 419 g/mol. The maximum absolute atomic E-state index is 12.9. The van der Waals surface area contributed by atoms with Gasteiger partial charge in [0, 0.05) is 45.4 Å². The summed E-state index contributed by atoms with van der Waals surface area (Å²) in [6.45, 7) is 2.35. The molecule has 9 heteroatoms. The lowest BCUT2D eigenvalue weighted by Gasteiger charge is -2.34. The molecule has 27 heavy (non-hydrogen) atoms. The number of hydrogen-bond donors (Lipinski definition) is 0. The Balaban J connectivity index is 2.11. The second kappa shape index (κ2) is 10.4. The second-order valence-electron chi connectivity index (χ2n) is 6.47. The summed E-state index contributed by atoms with van der Waals surface area (Å²) in [5.74, 6) is -0.422. The minimum absolute atomic E-state index is 0.0555. The number of carbonyl (C=O) groups excluding carboxylic acids is 1. The molecule has 7 nitrogen and oxygen atoms in total. The molecular formula is C18H27ClN2O5S. The number of hydrogen-bond acceptors (Lipinski definition) is 5. The van der Waals surface area contributed by atoms with Crippen LogP contribution in [-0.2, 0) is 24.3 Å². The van der Waals surface area contributed by atoms with Gasteiger partial charge in [-0.3, -0.25) is 4.79 Å². The van der Waals surface area contributed by atoms with Crippen LogP contribution in [0.3, 0.4) is 0 Å². The molecule has 0 N–H and O–H groups in total. The van der Waals surface area contributed by atoms with E-state index in [0.717, 1.165) is 0 Å². The molecule has 1 saturated heterocycles. The summed E-state index contributed by atoms with van der Waals surface area (Å²) >= 11 is 5.85. The topological polar surface area (TPSA) is 76.2 Å². The highest BCUT2D eigenvalue weighted by Crippen LogP contribution is 2.25. The number of rotatable bonds is 9. The van der Waals surface area contributed by atoms with Gasteiger partial charge in [-0.1, -0.05) is 11.6 Å². The van der Waals surface area contributed by atoms with Crippen molar-refractivity contribution < 1.29 is 22.7 Å². The van der Waals surface area contributed by atoms with Crippen LogP contribution in [-0.4, -0.2) is 77.1 Å². The summed E-state index contributed by atoms with van der Waals surface area (Å²) in [5, 5.41) is 0.479. The fourth-order valence-corrected chi connectivity index (χ4v) is 4.76. The van der Waals surface area contributed by atoms with Crippen molar-refractivity contribution in [3.8, 4) is 0 Å². The lowest BCUT2D eigenvalue weighted by Crippen LogP contribution is -2.48. The Kier molecular flexibility index (Phi) is 8.50. The van der Waals surface area contributed by atoms with Gasteiger partial charge in [0.15, 0.2) is 0 Å². The monoisotopic (exact) mass is 418 g/mol. The molecule has 0 saturated carbocycles. The maximum atomic E-state index is 12.9. The Bertz CT molecular complexity index is 703. The van der Waals surface area contributed by atoms with Gasteiger partial charge in [-0.05, 0) is 37.1 Å². The SMILES string of the molecule is COCCN(CCOC)C(=O)C1CCCN(S(=O)(=O)c2ccc(Cl)cc2)C1. The Morgan fingerprint density at radius 1 is 1.19 bits per heavy atom. The molecule has 0 spiro atoms. The van der Waals surface area contributed by atoms with E-state index in [9.17, 15) is 13.2 Å². The fraction of sp³-hybridized carbons (Fsp3) is 0.611. The Morgan fingerprint density at radius 3 is 2.33 bits per heavy atom. The summed E-state index contributed by atoms with van der Waals surface area (Å²) in [5.41, 5.74) is 0. The predicted octanol–water partition coefficient (Wildman–Crippen LogP) is 1.86. The van der Waals surface area contributed by atoms with Crippen LogP contribution in [0.2, 0.25) is 5.02 Å². The molecule has 2 rings (SSSR count). The summed E-state index contributed by atoms with van der Waals surface area (Å²) in [6, 6.07) is 6.09. The van der Waals surface area contributed by atoms with Crippen molar-refractivity contribution in [1.29, 1.82) is 0 Å². The maximum Gasteiger partial charge on any atom is 0.243 e. The first kappa shape index (κ1) is 22.1. The van der Waals surface area contributed by atoms with Crippen molar-refractivity contribution in [1.82, 2.24) is 9.21 Å². The number of nitrogens with zero attached hydrogens (tertiary/aromatic N) is 2. The zero-order valence-corrected chi connectivity index (χ0v) is 17.3.